The van der Waals surface area contributed by atoms with Gasteiger partial charge in [-0.2, -0.15) is 0 Å². The van der Waals surface area contributed by atoms with Crippen LogP contribution in [0.5, 0.6) is 0 Å². The molecule has 0 aliphatic carbocycles. The van der Waals surface area contributed by atoms with Crippen LogP contribution in [0.15, 0.2) is 0 Å². The maximum Gasteiger partial charge on any atom is 0.0209 e. The van der Waals surface area contributed by atoms with Gasteiger partial charge in [0.15, 0.2) is 0 Å². The van der Waals surface area contributed by atoms with E-state index in [1.807, 2.05) is 0 Å². The first kappa shape index (κ1) is 18.5. The summed E-state index contributed by atoms with van der Waals surface area (Å²) in [5.41, 5.74) is 0. The molecule has 2 nitrogen and oxygen atoms in total. The van der Waals surface area contributed by atoms with E-state index < -0.39 is 0 Å². The van der Waals surface area contributed by atoms with Crippen molar-refractivity contribution >= 4 is 17.4 Å². The van der Waals surface area contributed by atoms with Crippen molar-refractivity contribution in [3.63, 3.8) is 0 Å². The number of hydrogen-bond acceptors (Lipinski definition) is 1. The van der Waals surface area contributed by atoms with E-state index in [9.17, 15) is 0 Å². The summed E-state index contributed by atoms with van der Waals surface area (Å²) in [7, 11) is 0. The molecule has 2 N–H and O–H groups in total. The van der Waals surface area contributed by atoms with Gasteiger partial charge in [0.1, 0.15) is 0 Å². The SMILES string of the molecule is FOF.O.[Al]. The van der Waals surface area contributed by atoms with Gasteiger partial charge in [0.2, 0.25) is 0 Å². The summed E-state index contributed by atoms with van der Waals surface area (Å²) in [5, 5.41) is 1.25. The average molecular weight is 99.0 g/mol. The van der Waals surface area contributed by atoms with Crippen LogP contribution in [0.3, 0.4) is 0 Å². The van der Waals surface area contributed by atoms with E-state index in [1.165, 1.54) is 5.15 Å². The Kier molecular flexibility index (Phi) is 102. The third-order valence-corrected chi connectivity index (χ3v) is 0. The van der Waals surface area contributed by atoms with Crippen LogP contribution in [0.25, 0.3) is 0 Å². The van der Waals surface area contributed by atoms with Crippen molar-refractivity contribution in [2.24, 2.45) is 0 Å². The van der Waals surface area contributed by atoms with Crippen LogP contribution in [0, 0.1) is 0 Å². The fourth-order valence-corrected chi connectivity index (χ4v) is 0. The minimum atomic E-state index is 0. The van der Waals surface area contributed by atoms with Crippen molar-refractivity contribution in [1.29, 1.82) is 0 Å². The second-order valence-electron chi connectivity index (χ2n) is 0.0583. The number of hydrogen-bond donors (Lipinski definition) is 0. The summed E-state index contributed by atoms with van der Waals surface area (Å²) in [5.74, 6) is 0. The molecule has 0 aliphatic heterocycles. The van der Waals surface area contributed by atoms with Gasteiger partial charge in [-0.25, -0.2) is 0 Å². The van der Waals surface area contributed by atoms with Gasteiger partial charge in [-0.05, 0) is 9.05 Å². The molecule has 3 radical (unpaired) electrons. The molecule has 0 rings (SSSR count). The molecule has 5 heavy (non-hydrogen) atoms. The third kappa shape index (κ3) is 236. The van der Waals surface area contributed by atoms with Gasteiger partial charge in [-0.15, -0.1) is 0 Å². The predicted molar refractivity (Wildman–Crippen MR) is 12.7 cm³/mol. The Balaban J connectivity index is -0.0000000200. The maximum absolute atomic E-state index is 9.12. The van der Waals surface area contributed by atoms with E-state index in [0.29, 0.717) is 0 Å². The Morgan fingerprint density at radius 3 is 1.20 bits per heavy atom. The lowest BCUT2D eigenvalue weighted by molar-refractivity contribution is -0.317. The number of rotatable bonds is 0. The molecule has 0 heterocycles. The highest BCUT2D eigenvalue weighted by Gasteiger charge is 1.42. The Hall–Kier alpha value is 0.312. The molecule has 0 unspecified atom stereocenters. The van der Waals surface area contributed by atoms with Crippen molar-refractivity contribution in [2.45, 2.75) is 0 Å². The predicted octanol–water partition coefficient (Wildman–Crippen LogP) is -0.433. The first-order chi connectivity index (χ1) is 1.41. The van der Waals surface area contributed by atoms with Crippen molar-refractivity contribution in [3.05, 3.63) is 0 Å². The highest BCUT2D eigenvalue weighted by atomic mass is 27.0. The van der Waals surface area contributed by atoms with Crippen LogP contribution < -0.4 is 0 Å². The molecule has 0 aromatic carbocycles. The van der Waals surface area contributed by atoms with E-state index >= 15 is 0 Å². The third-order valence-electron chi connectivity index (χ3n) is 0. The second kappa shape index (κ2) is 27.5. The Morgan fingerprint density at radius 1 is 1.20 bits per heavy atom. The summed E-state index contributed by atoms with van der Waals surface area (Å²) < 4.78 is 18.2. The minimum Gasteiger partial charge on any atom is -0.412 e. The smallest absolute Gasteiger partial charge is 0.0209 e. The van der Waals surface area contributed by atoms with E-state index in [1.54, 1.807) is 0 Å². The highest BCUT2D eigenvalue weighted by Crippen LogP contribution is 1.61. The van der Waals surface area contributed by atoms with Gasteiger partial charge in [0.25, 0.3) is 0 Å². The molecular formula is H2AlF2O2. The van der Waals surface area contributed by atoms with E-state index in [0.717, 1.165) is 0 Å². The summed E-state index contributed by atoms with van der Waals surface area (Å²) in [6.07, 6.45) is 0. The fraction of sp³-hybridized carbons (Fsp3) is 0. The molecule has 0 aliphatic rings. The molecule has 0 saturated carbocycles. The van der Waals surface area contributed by atoms with Gasteiger partial charge in [0, 0.05) is 22.5 Å². The Labute approximate surface area is 38.0 Å². The van der Waals surface area contributed by atoms with Gasteiger partial charge in [-0.3, -0.25) is 0 Å². The lowest BCUT2D eigenvalue weighted by Gasteiger charge is -1.41. The van der Waals surface area contributed by atoms with Crippen molar-refractivity contribution in [1.82, 2.24) is 0 Å². The molecule has 0 saturated heterocycles. The average Bonchev–Trinajstić information content (AvgIpc) is 0.918. The van der Waals surface area contributed by atoms with Crippen LogP contribution in [0.1, 0.15) is 0 Å². The highest BCUT2D eigenvalue weighted by molar-refractivity contribution is 5.75. The quantitative estimate of drug-likeness (QED) is 0.380. The van der Waals surface area contributed by atoms with E-state index in [4.69, 9.17) is 9.05 Å². The van der Waals surface area contributed by atoms with Crippen LogP contribution in [0.4, 0.5) is 9.05 Å². The molecular weight excluding hydrogens is 97.0 g/mol. The molecule has 0 amide bonds. The summed E-state index contributed by atoms with van der Waals surface area (Å²) in [4.78, 5) is 0. The van der Waals surface area contributed by atoms with Crippen molar-refractivity contribution in [3.8, 4) is 0 Å². The maximum atomic E-state index is 9.12. The second-order valence-corrected chi connectivity index (χ2v) is 0.0583. The molecule has 0 atom stereocenters. The van der Waals surface area contributed by atoms with Crippen molar-refractivity contribution in [2.75, 3.05) is 0 Å². The summed E-state index contributed by atoms with van der Waals surface area (Å²) in [6, 6.07) is 0. The zero-order chi connectivity index (χ0) is 2.71. The monoisotopic (exact) mass is 99.0 g/mol. The summed E-state index contributed by atoms with van der Waals surface area (Å²) in [6.45, 7) is 0. The Bertz CT molecular complexity index is 7.61. The molecule has 0 aromatic heterocycles. The van der Waals surface area contributed by atoms with Gasteiger partial charge >= 0.3 is 0 Å². The molecule has 5 heteroatoms. The van der Waals surface area contributed by atoms with Crippen molar-refractivity contribution < 1.29 is 19.7 Å². The lowest BCUT2D eigenvalue weighted by Crippen LogP contribution is -1.26. The topological polar surface area (TPSA) is 40.7 Å². The molecule has 0 spiro atoms. The molecule has 0 fully saturated rings. The zero-order valence-corrected chi connectivity index (χ0v) is 3.40. The van der Waals surface area contributed by atoms with Gasteiger partial charge in [-0.1, -0.05) is 0 Å². The Morgan fingerprint density at radius 2 is 1.20 bits per heavy atom. The molecule has 0 bridgehead atoms. The lowest BCUT2D eigenvalue weighted by atomic mass is 15.4. The van der Waals surface area contributed by atoms with Gasteiger partial charge in [0.05, 0.1) is 0 Å². The van der Waals surface area contributed by atoms with Crippen LogP contribution in [-0.4, -0.2) is 22.8 Å². The molecule has 0 aromatic rings. The fourth-order valence-electron chi connectivity index (χ4n) is 0. The first-order valence-corrected chi connectivity index (χ1v) is 0.309. The zero-order valence-electron chi connectivity index (χ0n) is 2.24. The largest absolute Gasteiger partial charge is 0.412 e. The number of halogens is 2. The molecule has 31 valence electrons. The van der Waals surface area contributed by atoms with Crippen LogP contribution >= 0.6 is 0 Å². The van der Waals surface area contributed by atoms with Gasteiger partial charge < -0.3 is 5.48 Å². The van der Waals surface area contributed by atoms with Crippen LogP contribution in [0.2, 0.25) is 0 Å². The minimum absolute atomic E-state index is 0. The normalized spacial score (nSPS) is 3.60. The summed E-state index contributed by atoms with van der Waals surface area (Å²) >= 11 is 0. The van der Waals surface area contributed by atoms with E-state index in [-0.39, 0.29) is 22.8 Å². The van der Waals surface area contributed by atoms with E-state index in [2.05, 4.69) is 0 Å². The first-order valence-electron chi connectivity index (χ1n) is 0.309. The van der Waals surface area contributed by atoms with Crippen LogP contribution in [-0.2, 0) is 5.15 Å². The standard InChI is InChI=1S/Al.F2O.H2O/c;1-3-2;/h;;1H2.